The van der Waals surface area contributed by atoms with E-state index < -0.39 is 17.6 Å². The summed E-state index contributed by atoms with van der Waals surface area (Å²) in [5, 5.41) is 0. The number of carbonyl (C=O) groups is 2. The zero-order chi connectivity index (χ0) is 19.1. The van der Waals surface area contributed by atoms with Crippen LogP contribution in [0.4, 0.5) is 8.78 Å². The van der Waals surface area contributed by atoms with Crippen LogP contribution in [0.15, 0.2) is 42.5 Å². The van der Waals surface area contributed by atoms with Gasteiger partial charge in [-0.2, -0.15) is 0 Å². The number of nitrogens with zero attached hydrogens (tertiary/aromatic N) is 1. The lowest BCUT2D eigenvalue weighted by Crippen LogP contribution is -2.33. The molecular formula is C19H20F2N2O3. The van der Waals surface area contributed by atoms with E-state index >= 15 is 0 Å². The van der Waals surface area contributed by atoms with Crippen molar-refractivity contribution in [3.8, 4) is 0 Å². The highest BCUT2D eigenvalue weighted by molar-refractivity contribution is 5.94. The van der Waals surface area contributed by atoms with Crippen molar-refractivity contribution in [1.29, 1.82) is 0 Å². The third kappa shape index (κ3) is 5.10. The Kier molecular flexibility index (Phi) is 6.80. The van der Waals surface area contributed by atoms with Crippen molar-refractivity contribution >= 4 is 11.9 Å². The topological polar surface area (TPSA) is 72.6 Å². The van der Waals surface area contributed by atoms with Gasteiger partial charge in [-0.05, 0) is 35.4 Å². The van der Waals surface area contributed by atoms with E-state index in [-0.39, 0.29) is 25.4 Å². The highest BCUT2D eigenvalue weighted by atomic mass is 19.2. The van der Waals surface area contributed by atoms with E-state index in [2.05, 4.69) is 4.74 Å². The van der Waals surface area contributed by atoms with E-state index in [9.17, 15) is 18.4 Å². The maximum absolute atomic E-state index is 13.4. The van der Waals surface area contributed by atoms with Gasteiger partial charge >= 0.3 is 5.97 Å². The molecule has 2 aromatic rings. The van der Waals surface area contributed by atoms with Crippen LogP contribution in [-0.2, 0) is 22.6 Å². The fourth-order valence-corrected chi connectivity index (χ4v) is 2.41. The number of ether oxygens (including phenoxy) is 1. The average molecular weight is 362 g/mol. The van der Waals surface area contributed by atoms with Crippen LogP contribution in [0.3, 0.4) is 0 Å². The second kappa shape index (κ2) is 9.05. The van der Waals surface area contributed by atoms with Gasteiger partial charge in [0.05, 0.1) is 13.5 Å². The van der Waals surface area contributed by atoms with Gasteiger partial charge in [-0.3, -0.25) is 9.59 Å². The fourth-order valence-electron chi connectivity index (χ4n) is 2.41. The standard InChI is InChI=1S/C19H20F2N2O3/c1-26-18(24)8-9-23(12-14-4-7-16(20)17(21)10-14)19(25)15-5-2-13(11-22)3-6-15/h2-7,10H,8-9,11-12,22H2,1H3. The molecule has 1 amide bonds. The Balaban J connectivity index is 2.21. The molecule has 0 saturated carbocycles. The molecule has 26 heavy (non-hydrogen) atoms. The maximum atomic E-state index is 13.4. The number of nitrogens with two attached hydrogens (primary N) is 1. The first-order chi connectivity index (χ1) is 12.4. The summed E-state index contributed by atoms with van der Waals surface area (Å²) < 4.78 is 31.1. The molecule has 0 aromatic heterocycles. The Labute approximate surface area is 150 Å². The number of carbonyl (C=O) groups excluding carboxylic acids is 2. The third-order valence-corrected chi connectivity index (χ3v) is 3.89. The number of hydrogen-bond donors (Lipinski definition) is 1. The molecule has 0 aliphatic heterocycles. The molecular weight excluding hydrogens is 342 g/mol. The fraction of sp³-hybridized carbons (Fsp3) is 0.263. The summed E-state index contributed by atoms with van der Waals surface area (Å²) in [4.78, 5) is 25.6. The lowest BCUT2D eigenvalue weighted by molar-refractivity contribution is -0.140. The van der Waals surface area contributed by atoms with Gasteiger partial charge in [0.1, 0.15) is 0 Å². The van der Waals surface area contributed by atoms with Gasteiger partial charge in [-0.25, -0.2) is 8.78 Å². The molecule has 0 heterocycles. The highest BCUT2D eigenvalue weighted by Gasteiger charge is 2.18. The highest BCUT2D eigenvalue weighted by Crippen LogP contribution is 2.15. The summed E-state index contributed by atoms with van der Waals surface area (Å²) >= 11 is 0. The van der Waals surface area contributed by atoms with Crippen LogP contribution in [0.5, 0.6) is 0 Å². The normalized spacial score (nSPS) is 10.5. The molecule has 0 fully saturated rings. The molecule has 0 aliphatic carbocycles. The molecule has 0 aliphatic rings. The van der Waals surface area contributed by atoms with Crippen LogP contribution in [0.25, 0.3) is 0 Å². The van der Waals surface area contributed by atoms with Crippen molar-refractivity contribution < 1.29 is 23.1 Å². The van der Waals surface area contributed by atoms with Crippen molar-refractivity contribution in [3.63, 3.8) is 0 Å². The minimum atomic E-state index is -0.991. The van der Waals surface area contributed by atoms with E-state index in [1.165, 1.54) is 18.1 Å². The number of esters is 1. The Bertz CT molecular complexity index is 779. The first-order valence-electron chi connectivity index (χ1n) is 8.03. The van der Waals surface area contributed by atoms with Gasteiger partial charge < -0.3 is 15.4 Å². The minimum absolute atomic E-state index is 0.00714. The van der Waals surface area contributed by atoms with Crippen molar-refractivity contribution in [2.45, 2.75) is 19.5 Å². The molecule has 5 nitrogen and oxygen atoms in total. The number of benzene rings is 2. The van der Waals surface area contributed by atoms with Gasteiger partial charge in [-0.1, -0.05) is 18.2 Å². The van der Waals surface area contributed by atoms with Crippen LogP contribution in [-0.4, -0.2) is 30.4 Å². The summed E-state index contributed by atoms with van der Waals surface area (Å²) in [5.41, 5.74) is 7.25. The molecule has 0 bridgehead atoms. The molecule has 0 atom stereocenters. The molecule has 2 N–H and O–H groups in total. The molecule has 138 valence electrons. The van der Waals surface area contributed by atoms with Gasteiger partial charge in [0.15, 0.2) is 11.6 Å². The van der Waals surface area contributed by atoms with E-state index in [4.69, 9.17) is 5.73 Å². The quantitative estimate of drug-likeness (QED) is 0.769. The molecule has 7 heteroatoms. The van der Waals surface area contributed by atoms with Gasteiger partial charge in [0.2, 0.25) is 0 Å². The van der Waals surface area contributed by atoms with Crippen LogP contribution in [0, 0.1) is 11.6 Å². The Morgan fingerprint density at radius 2 is 1.69 bits per heavy atom. The summed E-state index contributed by atoms with van der Waals surface area (Å²) in [5.74, 6) is -2.75. The van der Waals surface area contributed by atoms with Gasteiger partial charge in [-0.15, -0.1) is 0 Å². The predicted molar refractivity (Wildman–Crippen MR) is 92.1 cm³/mol. The maximum Gasteiger partial charge on any atom is 0.307 e. The number of methoxy groups -OCH3 is 1. The van der Waals surface area contributed by atoms with Gasteiger partial charge in [0.25, 0.3) is 5.91 Å². The molecule has 0 saturated heterocycles. The second-order valence-corrected chi connectivity index (χ2v) is 5.70. The Hall–Kier alpha value is -2.80. The van der Waals surface area contributed by atoms with Crippen molar-refractivity contribution in [3.05, 3.63) is 70.8 Å². The molecule has 0 radical (unpaired) electrons. The average Bonchev–Trinajstić information content (AvgIpc) is 2.67. The number of rotatable bonds is 7. The minimum Gasteiger partial charge on any atom is -0.469 e. The first-order valence-corrected chi connectivity index (χ1v) is 8.03. The van der Waals surface area contributed by atoms with Crippen LogP contribution >= 0.6 is 0 Å². The summed E-state index contributed by atoms with van der Waals surface area (Å²) in [6.45, 7) is 0.476. The Morgan fingerprint density at radius 3 is 2.27 bits per heavy atom. The van der Waals surface area contributed by atoms with E-state index in [0.29, 0.717) is 17.7 Å². The van der Waals surface area contributed by atoms with Crippen molar-refractivity contribution in [1.82, 2.24) is 4.90 Å². The van der Waals surface area contributed by atoms with Crippen molar-refractivity contribution in [2.75, 3.05) is 13.7 Å². The number of hydrogen-bond acceptors (Lipinski definition) is 4. The van der Waals surface area contributed by atoms with E-state index in [0.717, 1.165) is 17.7 Å². The Morgan fingerprint density at radius 1 is 1.04 bits per heavy atom. The SMILES string of the molecule is COC(=O)CCN(Cc1ccc(F)c(F)c1)C(=O)c1ccc(CN)cc1. The monoisotopic (exact) mass is 362 g/mol. The zero-order valence-electron chi connectivity index (χ0n) is 14.4. The van der Waals surface area contributed by atoms with Crippen molar-refractivity contribution in [2.24, 2.45) is 5.73 Å². The van der Waals surface area contributed by atoms with Crippen LogP contribution < -0.4 is 5.73 Å². The van der Waals surface area contributed by atoms with Crippen LogP contribution in [0.1, 0.15) is 27.9 Å². The molecule has 0 spiro atoms. The summed E-state index contributed by atoms with van der Waals surface area (Å²) in [7, 11) is 1.26. The molecule has 2 rings (SSSR count). The second-order valence-electron chi connectivity index (χ2n) is 5.70. The molecule has 0 unspecified atom stereocenters. The summed E-state index contributed by atoms with van der Waals surface area (Å²) in [6, 6.07) is 10.2. The lowest BCUT2D eigenvalue weighted by Gasteiger charge is -2.23. The van der Waals surface area contributed by atoms with Gasteiger partial charge in [0, 0.05) is 25.2 Å². The largest absolute Gasteiger partial charge is 0.469 e. The lowest BCUT2D eigenvalue weighted by atomic mass is 10.1. The van der Waals surface area contributed by atoms with E-state index in [1.807, 2.05) is 0 Å². The molecule has 2 aromatic carbocycles. The van der Waals surface area contributed by atoms with Crippen LogP contribution in [0.2, 0.25) is 0 Å². The first kappa shape index (κ1) is 19.5. The third-order valence-electron chi connectivity index (χ3n) is 3.89. The predicted octanol–water partition coefficient (Wildman–Crippen LogP) is 2.63. The number of halogens is 2. The smallest absolute Gasteiger partial charge is 0.307 e. The van der Waals surface area contributed by atoms with E-state index in [1.54, 1.807) is 24.3 Å². The zero-order valence-corrected chi connectivity index (χ0v) is 14.4. The number of amides is 1. The summed E-state index contributed by atoms with van der Waals surface area (Å²) in [6.07, 6.45) is -0.00714.